The fourth-order valence-corrected chi connectivity index (χ4v) is 1.50. The highest BCUT2D eigenvalue weighted by atomic mass is 16.4. The molecule has 3 nitrogen and oxygen atoms in total. The van der Waals surface area contributed by atoms with Crippen LogP contribution in [0, 0.1) is 5.92 Å². The maximum atomic E-state index is 5.61. The Morgan fingerprint density at radius 2 is 2.43 bits per heavy atom. The molecule has 0 amide bonds. The molecule has 1 aromatic heterocycles. The number of oxazole rings is 1. The van der Waals surface area contributed by atoms with Crippen LogP contribution in [0.25, 0.3) is 0 Å². The molecule has 1 heterocycles. The molecule has 1 N–H and O–H groups in total. The monoisotopic (exact) mass is 194 g/mol. The molecular weight excluding hydrogens is 176 g/mol. The van der Waals surface area contributed by atoms with E-state index >= 15 is 0 Å². The van der Waals surface area contributed by atoms with E-state index < -0.39 is 0 Å². The van der Waals surface area contributed by atoms with Crippen LogP contribution >= 0.6 is 0 Å². The summed E-state index contributed by atoms with van der Waals surface area (Å²) in [6, 6.07) is 0. The standard InChI is InChI=1S/C11H18N2O/c1-2-5-12-8-11-13-7-10(14-11)6-9-3-4-9/h7,9,12H,2-6,8H2,1H3. The molecule has 3 heteroatoms. The number of hydrogen-bond donors (Lipinski definition) is 1. The smallest absolute Gasteiger partial charge is 0.208 e. The Morgan fingerprint density at radius 1 is 1.57 bits per heavy atom. The Hall–Kier alpha value is -0.830. The van der Waals surface area contributed by atoms with Crippen LogP contribution in [0.15, 0.2) is 10.6 Å². The van der Waals surface area contributed by atoms with Crippen molar-refractivity contribution in [2.24, 2.45) is 5.92 Å². The third-order valence-electron chi connectivity index (χ3n) is 2.49. The van der Waals surface area contributed by atoms with Crippen molar-refractivity contribution in [3.8, 4) is 0 Å². The van der Waals surface area contributed by atoms with E-state index in [1.165, 1.54) is 12.8 Å². The number of rotatable bonds is 6. The summed E-state index contributed by atoms with van der Waals surface area (Å²) in [7, 11) is 0. The molecule has 0 aliphatic heterocycles. The van der Waals surface area contributed by atoms with Crippen LogP contribution in [0.3, 0.4) is 0 Å². The van der Waals surface area contributed by atoms with E-state index in [2.05, 4.69) is 17.2 Å². The number of hydrogen-bond acceptors (Lipinski definition) is 3. The first-order chi connectivity index (χ1) is 6.88. The minimum atomic E-state index is 0.762. The van der Waals surface area contributed by atoms with Gasteiger partial charge in [-0.3, -0.25) is 0 Å². The van der Waals surface area contributed by atoms with Gasteiger partial charge in [0.1, 0.15) is 5.76 Å². The largest absolute Gasteiger partial charge is 0.444 e. The minimum absolute atomic E-state index is 0.762. The molecule has 0 saturated heterocycles. The van der Waals surface area contributed by atoms with Gasteiger partial charge in [0.15, 0.2) is 0 Å². The van der Waals surface area contributed by atoms with Gasteiger partial charge >= 0.3 is 0 Å². The summed E-state index contributed by atoms with van der Waals surface area (Å²) in [6.45, 7) is 3.94. The average Bonchev–Trinajstić information content (AvgIpc) is 2.87. The predicted molar refractivity (Wildman–Crippen MR) is 54.9 cm³/mol. The second-order valence-corrected chi connectivity index (χ2v) is 4.04. The van der Waals surface area contributed by atoms with Gasteiger partial charge in [-0.15, -0.1) is 0 Å². The van der Waals surface area contributed by atoms with Crippen molar-refractivity contribution in [3.05, 3.63) is 17.8 Å². The Labute approximate surface area is 84.9 Å². The first kappa shape index (κ1) is 9.71. The SMILES string of the molecule is CCCNCc1ncc(CC2CC2)o1. The van der Waals surface area contributed by atoms with Crippen molar-refractivity contribution in [1.82, 2.24) is 10.3 Å². The van der Waals surface area contributed by atoms with Gasteiger partial charge in [-0.25, -0.2) is 4.98 Å². The van der Waals surface area contributed by atoms with Crippen molar-refractivity contribution in [3.63, 3.8) is 0 Å². The number of aromatic nitrogens is 1. The van der Waals surface area contributed by atoms with Crippen molar-refractivity contribution in [1.29, 1.82) is 0 Å². The molecular formula is C11H18N2O. The first-order valence-corrected chi connectivity index (χ1v) is 5.52. The number of nitrogens with zero attached hydrogens (tertiary/aromatic N) is 1. The summed E-state index contributed by atoms with van der Waals surface area (Å²) in [5.74, 6) is 2.76. The van der Waals surface area contributed by atoms with Crippen LogP contribution in [-0.2, 0) is 13.0 Å². The molecule has 1 aliphatic carbocycles. The molecule has 0 radical (unpaired) electrons. The Morgan fingerprint density at radius 3 is 3.14 bits per heavy atom. The molecule has 1 saturated carbocycles. The van der Waals surface area contributed by atoms with Crippen molar-refractivity contribution < 1.29 is 4.42 Å². The van der Waals surface area contributed by atoms with Gasteiger partial charge in [0.2, 0.25) is 5.89 Å². The zero-order chi connectivity index (χ0) is 9.80. The van der Waals surface area contributed by atoms with Gasteiger partial charge < -0.3 is 9.73 Å². The topological polar surface area (TPSA) is 38.1 Å². The fourth-order valence-electron chi connectivity index (χ4n) is 1.50. The highest BCUT2D eigenvalue weighted by Gasteiger charge is 2.23. The third-order valence-corrected chi connectivity index (χ3v) is 2.49. The molecule has 1 aliphatic rings. The van der Waals surface area contributed by atoms with E-state index in [0.29, 0.717) is 0 Å². The molecule has 1 fully saturated rings. The highest BCUT2D eigenvalue weighted by Crippen LogP contribution is 2.32. The van der Waals surface area contributed by atoms with Gasteiger partial charge in [0.25, 0.3) is 0 Å². The summed E-state index contributed by atoms with van der Waals surface area (Å²) in [6.07, 6.45) is 6.84. The summed E-state index contributed by atoms with van der Waals surface area (Å²) in [5.41, 5.74) is 0. The van der Waals surface area contributed by atoms with E-state index in [9.17, 15) is 0 Å². The van der Waals surface area contributed by atoms with Crippen LogP contribution in [0.5, 0.6) is 0 Å². The van der Waals surface area contributed by atoms with Crippen molar-refractivity contribution in [2.75, 3.05) is 6.54 Å². The second-order valence-electron chi connectivity index (χ2n) is 4.04. The average molecular weight is 194 g/mol. The third kappa shape index (κ3) is 2.84. The quantitative estimate of drug-likeness (QED) is 0.705. The van der Waals surface area contributed by atoms with Crippen molar-refractivity contribution in [2.45, 2.75) is 39.2 Å². The van der Waals surface area contributed by atoms with Crippen LogP contribution in [0.2, 0.25) is 0 Å². The lowest BCUT2D eigenvalue weighted by Crippen LogP contribution is -2.13. The van der Waals surface area contributed by atoms with E-state index in [4.69, 9.17) is 4.42 Å². The molecule has 0 aromatic carbocycles. The zero-order valence-corrected chi connectivity index (χ0v) is 8.75. The molecule has 78 valence electrons. The van der Waals surface area contributed by atoms with Gasteiger partial charge in [0, 0.05) is 6.42 Å². The molecule has 0 atom stereocenters. The highest BCUT2D eigenvalue weighted by molar-refractivity contribution is 4.98. The van der Waals surface area contributed by atoms with E-state index in [1.54, 1.807) is 0 Å². The predicted octanol–water partition coefficient (Wildman–Crippen LogP) is 2.13. The minimum Gasteiger partial charge on any atom is -0.444 e. The van der Waals surface area contributed by atoms with Crippen LogP contribution < -0.4 is 5.32 Å². The maximum absolute atomic E-state index is 5.61. The number of nitrogens with one attached hydrogen (secondary N) is 1. The Balaban J connectivity index is 1.76. The van der Waals surface area contributed by atoms with Gasteiger partial charge in [0.05, 0.1) is 12.7 Å². The van der Waals surface area contributed by atoms with Gasteiger partial charge in [-0.2, -0.15) is 0 Å². The zero-order valence-electron chi connectivity index (χ0n) is 8.75. The lowest BCUT2D eigenvalue weighted by molar-refractivity contribution is 0.430. The van der Waals surface area contributed by atoms with E-state index in [0.717, 1.165) is 43.5 Å². The van der Waals surface area contributed by atoms with Crippen LogP contribution in [0.1, 0.15) is 37.8 Å². The molecule has 0 unspecified atom stereocenters. The normalized spacial score (nSPS) is 16.1. The van der Waals surface area contributed by atoms with Gasteiger partial charge in [-0.1, -0.05) is 6.92 Å². The second kappa shape index (κ2) is 4.60. The Kier molecular flexibility index (Phi) is 3.19. The first-order valence-electron chi connectivity index (χ1n) is 5.52. The molecule has 1 aromatic rings. The molecule has 14 heavy (non-hydrogen) atoms. The molecule has 0 bridgehead atoms. The summed E-state index contributed by atoms with van der Waals surface area (Å²) in [4.78, 5) is 4.24. The molecule has 0 spiro atoms. The lowest BCUT2D eigenvalue weighted by atomic mass is 10.2. The van der Waals surface area contributed by atoms with Crippen LogP contribution in [0.4, 0.5) is 0 Å². The summed E-state index contributed by atoms with van der Waals surface area (Å²) < 4.78 is 5.61. The lowest BCUT2D eigenvalue weighted by Gasteiger charge is -1.97. The Bertz CT molecular complexity index is 279. The van der Waals surface area contributed by atoms with Crippen molar-refractivity contribution >= 4 is 0 Å². The molecule has 2 rings (SSSR count). The maximum Gasteiger partial charge on any atom is 0.208 e. The summed E-state index contributed by atoms with van der Waals surface area (Å²) in [5, 5.41) is 3.28. The van der Waals surface area contributed by atoms with Gasteiger partial charge in [-0.05, 0) is 31.7 Å². The van der Waals surface area contributed by atoms with E-state index in [1.807, 2.05) is 6.20 Å². The summed E-state index contributed by atoms with van der Waals surface area (Å²) >= 11 is 0. The van der Waals surface area contributed by atoms with E-state index in [-0.39, 0.29) is 0 Å². The van der Waals surface area contributed by atoms with Crippen LogP contribution in [-0.4, -0.2) is 11.5 Å². The fraction of sp³-hybridized carbons (Fsp3) is 0.727.